The smallest absolute Gasteiger partial charge is 0.793 e. The van der Waals surface area contributed by atoms with Crippen LogP contribution in [0.15, 0.2) is 0 Å². The first kappa shape index (κ1) is 12.3. The van der Waals surface area contributed by atoms with E-state index in [4.69, 9.17) is 0 Å². The molecular formula is C2H6O2PS2Ti. The van der Waals surface area contributed by atoms with Crippen LogP contribution in [0.5, 0.6) is 0 Å². The quantitative estimate of drug-likeness (QED) is 0.487. The Morgan fingerprint density at radius 3 is 2.12 bits per heavy atom. The number of hydrogen-bond acceptors (Lipinski definition) is 4. The van der Waals surface area contributed by atoms with Gasteiger partial charge in [0, 0.05) is 12.8 Å². The van der Waals surface area contributed by atoms with Crippen molar-refractivity contribution in [3.8, 4) is 0 Å². The molecule has 0 aromatic rings. The molecule has 1 unspecified atom stereocenters. The van der Waals surface area contributed by atoms with E-state index in [1.807, 2.05) is 0 Å². The Morgan fingerprint density at radius 2 is 2.12 bits per heavy atom. The summed E-state index contributed by atoms with van der Waals surface area (Å²) in [5, 5.41) is 0. The van der Waals surface area contributed by atoms with Crippen molar-refractivity contribution in [2.45, 2.75) is 0 Å². The third kappa shape index (κ3) is 5.77. The fraction of sp³-hybridized carbons (Fsp3) is 1.00. The molecule has 1 radical (unpaired) electrons. The number of rotatable bonds is 2. The Morgan fingerprint density at radius 1 is 1.75 bits per heavy atom. The molecule has 0 saturated heterocycles. The van der Waals surface area contributed by atoms with Crippen LogP contribution < -0.4 is 4.89 Å². The van der Waals surface area contributed by atoms with Crippen molar-refractivity contribution in [2.75, 3.05) is 13.4 Å². The van der Waals surface area contributed by atoms with Crippen LogP contribution in [0.1, 0.15) is 0 Å². The summed E-state index contributed by atoms with van der Waals surface area (Å²) in [6.07, 6.45) is 1.66. The largest absolute Gasteiger partial charge is 1.00 e. The van der Waals surface area contributed by atoms with Gasteiger partial charge < -0.3 is 9.42 Å². The van der Waals surface area contributed by atoms with E-state index in [2.05, 4.69) is 16.3 Å². The predicted molar refractivity (Wildman–Crippen MR) is 34.8 cm³/mol. The van der Waals surface area contributed by atoms with Gasteiger partial charge in [0.05, 0.1) is 0 Å². The molecule has 0 saturated carbocycles. The summed E-state index contributed by atoms with van der Waals surface area (Å²) < 4.78 is 4.42. The second-order valence-corrected chi connectivity index (χ2v) is 7.11. The van der Waals surface area contributed by atoms with E-state index in [9.17, 15) is 4.89 Å². The molecule has 1 atom stereocenters. The molecule has 0 aliphatic heterocycles. The third-order valence-electron chi connectivity index (χ3n) is 0.447. The van der Waals surface area contributed by atoms with E-state index >= 15 is 0 Å². The Hall–Kier alpha value is 1.63. The zero-order valence-corrected chi connectivity index (χ0v) is 8.67. The Kier molecular flexibility index (Phi) is 8.35. The summed E-state index contributed by atoms with van der Waals surface area (Å²) >= 11 is 5.52. The van der Waals surface area contributed by atoms with Crippen molar-refractivity contribution in [3.63, 3.8) is 0 Å². The average Bonchev–Trinajstić information content (AvgIpc) is 1.68. The van der Waals surface area contributed by atoms with Crippen molar-refractivity contribution in [3.05, 3.63) is 0 Å². The minimum Gasteiger partial charge on any atom is -0.793 e. The van der Waals surface area contributed by atoms with Gasteiger partial charge in [-0.15, -0.1) is 11.4 Å². The molecule has 0 aliphatic rings. The van der Waals surface area contributed by atoms with E-state index in [1.165, 1.54) is 7.11 Å². The second kappa shape index (κ2) is 5.42. The summed E-state index contributed by atoms with van der Waals surface area (Å²) in [6.45, 7) is 0. The van der Waals surface area contributed by atoms with E-state index in [0.29, 0.717) is 0 Å². The van der Waals surface area contributed by atoms with Gasteiger partial charge in [0.2, 0.25) is 0 Å². The fourth-order valence-corrected chi connectivity index (χ4v) is 0.671. The van der Waals surface area contributed by atoms with Crippen LogP contribution in [-0.4, -0.2) is 13.4 Å². The van der Waals surface area contributed by atoms with Crippen molar-refractivity contribution >= 4 is 28.9 Å². The Balaban J connectivity index is 0. The molecule has 47 valence electrons. The van der Waals surface area contributed by atoms with Crippen LogP contribution in [0, 0.1) is 0 Å². The van der Waals surface area contributed by atoms with Gasteiger partial charge in [-0.3, -0.25) is 0 Å². The summed E-state index contributed by atoms with van der Waals surface area (Å²) in [5.41, 5.74) is -2.65. The molecule has 8 heavy (non-hydrogen) atoms. The Labute approximate surface area is 73.2 Å². The van der Waals surface area contributed by atoms with Gasteiger partial charge >= 0.3 is 21.7 Å². The Bertz CT molecular complexity index is 90.0. The van der Waals surface area contributed by atoms with Crippen molar-refractivity contribution in [1.82, 2.24) is 0 Å². The summed E-state index contributed by atoms with van der Waals surface area (Å²) in [6, 6.07) is 0. The maximum atomic E-state index is 10.5. The predicted octanol–water partition coefficient (Wildman–Crippen LogP) is 0.578. The van der Waals surface area contributed by atoms with E-state index in [-0.39, 0.29) is 21.7 Å². The van der Waals surface area contributed by atoms with E-state index in [0.717, 1.165) is 11.4 Å². The molecule has 6 heteroatoms. The van der Waals surface area contributed by atoms with Crippen molar-refractivity contribution in [1.29, 1.82) is 0 Å². The molecule has 2 nitrogen and oxygen atoms in total. The fourth-order valence-electron chi connectivity index (χ4n) is 0.0745. The minimum atomic E-state index is -2.65. The third-order valence-corrected chi connectivity index (χ3v) is 4.92. The monoisotopic (exact) mass is 205 g/mol. The first-order valence-corrected chi connectivity index (χ1v) is 6.01. The first-order valence-electron chi connectivity index (χ1n) is 1.55. The molecule has 0 rings (SSSR count). The van der Waals surface area contributed by atoms with E-state index in [1.54, 1.807) is 6.26 Å². The molecule has 0 heterocycles. The maximum absolute atomic E-state index is 10.5. The van der Waals surface area contributed by atoms with Gasteiger partial charge in [-0.2, -0.15) is 0 Å². The van der Waals surface area contributed by atoms with Crippen molar-refractivity contribution in [2.24, 2.45) is 0 Å². The van der Waals surface area contributed by atoms with Gasteiger partial charge in [-0.1, -0.05) is 11.8 Å². The molecule has 0 bridgehead atoms. The summed E-state index contributed by atoms with van der Waals surface area (Å²) in [7, 11) is 1.35. The molecule has 0 aromatic carbocycles. The molecule has 0 amide bonds. The second-order valence-electron chi connectivity index (χ2n) is 0.812. The molecule has 0 N–H and O–H groups in total. The zero-order chi connectivity index (χ0) is 5.91. The summed E-state index contributed by atoms with van der Waals surface area (Å²) in [4.78, 5) is 10.5. The van der Waals surface area contributed by atoms with Gasteiger partial charge in [-0.05, 0) is 6.26 Å². The molecule has 0 aliphatic carbocycles. The zero-order valence-electron chi connectivity index (χ0n) is 4.58. The van der Waals surface area contributed by atoms with Crippen LogP contribution in [0.4, 0.5) is 0 Å². The van der Waals surface area contributed by atoms with Crippen LogP contribution in [0.3, 0.4) is 0 Å². The molecule has 0 aromatic heterocycles. The van der Waals surface area contributed by atoms with Crippen LogP contribution >= 0.6 is 17.1 Å². The average molecular weight is 205 g/mol. The van der Waals surface area contributed by atoms with Crippen molar-refractivity contribution < 1.29 is 31.1 Å². The standard InChI is InChI=1S/C2H7O2PS2.Ti/c1-4-5(3,6)7-2;/h1-2H3,(H,3,6);/q;+1/p-1. The van der Waals surface area contributed by atoms with Crippen LogP contribution in [-0.2, 0) is 38.0 Å². The molecular weight excluding hydrogens is 199 g/mol. The molecule has 0 spiro atoms. The maximum Gasteiger partial charge on any atom is 1.00 e. The normalized spacial score (nSPS) is 16.4. The first-order chi connectivity index (χ1) is 3.12. The van der Waals surface area contributed by atoms with Gasteiger partial charge in [-0.25, -0.2) is 0 Å². The SMILES string of the molecule is COP([O-])(=S)SC.[Ti+]. The van der Waals surface area contributed by atoms with Crippen LogP contribution in [0.2, 0.25) is 0 Å². The van der Waals surface area contributed by atoms with Gasteiger partial charge in [0.15, 0.2) is 0 Å². The van der Waals surface area contributed by atoms with Gasteiger partial charge in [0.1, 0.15) is 0 Å². The van der Waals surface area contributed by atoms with E-state index < -0.39 is 5.69 Å². The van der Waals surface area contributed by atoms with Crippen LogP contribution in [0.25, 0.3) is 0 Å². The number of hydrogen-bond donors (Lipinski definition) is 0. The van der Waals surface area contributed by atoms with Gasteiger partial charge in [0.25, 0.3) is 0 Å². The summed E-state index contributed by atoms with van der Waals surface area (Å²) in [5.74, 6) is 0. The minimum absolute atomic E-state index is 0. The molecule has 0 fully saturated rings. The topological polar surface area (TPSA) is 32.3 Å².